The van der Waals surface area contributed by atoms with E-state index in [9.17, 15) is 24.3 Å². The minimum Gasteiger partial charge on any atom is -0.481 e. The molecular formula is C25H27N3O5. The van der Waals surface area contributed by atoms with Gasteiger partial charge >= 0.3 is 12.0 Å². The topological polar surface area (TPSA) is 116 Å². The van der Waals surface area contributed by atoms with Crippen LogP contribution in [0.3, 0.4) is 0 Å². The van der Waals surface area contributed by atoms with Gasteiger partial charge in [-0.1, -0.05) is 42.0 Å². The molecule has 3 rings (SSSR count). The molecule has 0 bridgehead atoms. The third-order valence-corrected chi connectivity index (χ3v) is 5.70. The number of ketones is 1. The van der Waals surface area contributed by atoms with Crippen molar-refractivity contribution < 1.29 is 24.3 Å². The zero-order chi connectivity index (χ0) is 24.3. The number of aliphatic carboxylic acids is 1. The highest BCUT2D eigenvalue weighted by molar-refractivity contribution is 6.14. The third kappa shape index (κ3) is 5.28. The van der Waals surface area contributed by atoms with Gasteiger partial charge in [-0.15, -0.1) is 0 Å². The SMILES string of the molecule is Cc1cc(-c2ccccc2C)c(C)c(C(CC(=O)O)NC(=O)NC2C(=O)C=CN(C)C2=O)c1. The first-order valence-electron chi connectivity index (χ1n) is 10.5. The molecule has 33 heavy (non-hydrogen) atoms. The summed E-state index contributed by atoms with van der Waals surface area (Å²) in [5, 5.41) is 14.5. The standard InChI is InChI=1S/C25H27N3O5/c1-14-11-18(17-8-6-5-7-15(17)2)16(3)19(12-14)20(13-22(30)31)26-25(33)27-23-21(29)9-10-28(4)24(23)32/h5-12,20,23H,13H2,1-4H3,(H,30,31)(H2,26,27,33). The molecule has 0 spiro atoms. The molecule has 0 aromatic heterocycles. The highest BCUT2D eigenvalue weighted by atomic mass is 16.4. The van der Waals surface area contributed by atoms with Gasteiger partial charge in [-0.05, 0) is 48.6 Å². The molecule has 0 saturated heterocycles. The first-order chi connectivity index (χ1) is 15.6. The van der Waals surface area contributed by atoms with E-state index < -0.39 is 35.8 Å². The first-order valence-corrected chi connectivity index (χ1v) is 10.5. The first kappa shape index (κ1) is 23.7. The number of aryl methyl sites for hydroxylation is 2. The fourth-order valence-electron chi connectivity index (χ4n) is 3.96. The summed E-state index contributed by atoms with van der Waals surface area (Å²) in [6, 6.07) is 8.74. The van der Waals surface area contributed by atoms with Gasteiger partial charge in [-0.25, -0.2) is 4.79 Å². The monoisotopic (exact) mass is 449 g/mol. The van der Waals surface area contributed by atoms with Crippen LogP contribution in [0.4, 0.5) is 4.79 Å². The normalized spacial score (nSPS) is 16.5. The molecule has 3 amide bonds. The van der Waals surface area contributed by atoms with Crippen LogP contribution in [0.15, 0.2) is 48.7 Å². The molecule has 1 heterocycles. The minimum atomic E-state index is -1.35. The molecule has 2 unspecified atom stereocenters. The summed E-state index contributed by atoms with van der Waals surface area (Å²) in [5.74, 6) is -2.20. The van der Waals surface area contributed by atoms with Crippen LogP contribution in [0.25, 0.3) is 11.1 Å². The number of hydrogen-bond donors (Lipinski definition) is 3. The van der Waals surface area contributed by atoms with Crippen molar-refractivity contribution in [2.24, 2.45) is 0 Å². The van der Waals surface area contributed by atoms with E-state index in [0.29, 0.717) is 5.56 Å². The molecule has 8 heteroatoms. The van der Waals surface area contributed by atoms with Crippen LogP contribution >= 0.6 is 0 Å². The van der Waals surface area contributed by atoms with Gasteiger partial charge in [0, 0.05) is 19.3 Å². The number of carbonyl (C=O) groups excluding carboxylic acids is 3. The summed E-state index contributed by atoms with van der Waals surface area (Å²) in [6.45, 7) is 5.80. The van der Waals surface area contributed by atoms with Gasteiger partial charge in [0.25, 0.3) is 5.91 Å². The number of rotatable bonds is 6. The number of carbonyl (C=O) groups is 4. The van der Waals surface area contributed by atoms with Gasteiger partial charge in [0.1, 0.15) is 0 Å². The summed E-state index contributed by atoms with van der Waals surface area (Å²) in [5.41, 5.74) is 5.45. The second-order valence-corrected chi connectivity index (χ2v) is 8.21. The highest BCUT2D eigenvalue weighted by Crippen LogP contribution is 2.33. The summed E-state index contributed by atoms with van der Waals surface area (Å²) < 4.78 is 0. The molecule has 3 N–H and O–H groups in total. The largest absolute Gasteiger partial charge is 0.481 e. The summed E-state index contributed by atoms with van der Waals surface area (Å²) in [7, 11) is 1.48. The Morgan fingerprint density at radius 1 is 1.09 bits per heavy atom. The second kappa shape index (κ2) is 9.68. The van der Waals surface area contributed by atoms with Gasteiger partial charge < -0.3 is 20.6 Å². The van der Waals surface area contributed by atoms with Crippen molar-refractivity contribution in [3.05, 3.63) is 70.9 Å². The van der Waals surface area contributed by atoms with Crippen LogP contribution < -0.4 is 10.6 Å². The molecule has 0 saturated carbocycles. The van der Waals surface area contributed by atoms with Crippen LogP contribution in [0.1, 0.15) is 34.7 Å². The predicted octanol–water partition coefficient (Wildman–Crippen LogP) is 3.02. The van der Waals surface area contributed by atoms with Gasteiger partial charge in [-0.3, -0.25) is 14.4 Å². The van der Waals surface area contributed by atoms with Crippen molar-refractivity contribution in [1.29, 1.82) is 0 Å². The van der Waals surface area contributed by atoms with Crippen molar-refractivity contribution in [3.63, 3.8) is 0 Å². The van der Waals surface area contributed by atoms with Gasteiger partial charge in [0.15, 0.2) is 11.8 Å². The zero-order valence-electron chi connectivity index (χ0n) is 19.0. The lowest BCUT2D eigenvalue weighted by Crippen LogP contribution is -2.55. The van der Waals surface area contributed by atoms with Gasteiger partial charge in [0.2, 0.25) is 0 Å². The number of carboxylic acid groups (broad SMARTS) is 1. The minimum absolute atomic E-state index is 0.364. The van der Waals surface area contributed by atoms with Crippen LogP contribution in [0.5, 0.6) is 0 Å². The van der Waals surface area contributed by atoms with Crippen LogP contribution in [-0.4, -0.2) is 46.8 Å². The fraction of sp³-hybridized carbons (Fsp3) is 0.280. The van der Waals surface area contributed by atoms with Crippen molar-refractivity contribution in [3.8, 4) is 11.1 Å². The highest BCUT2D eigenvalue weighted by Gasteiger charge is 2.32. The molecule has 2 atom stereocenters. The summed E-state index contributed by atoms with van der Waals surface area (Å²) >= 11 is 0. The van der Waals surface area contributed by atoms with E-state index in [1.807, 2.05) is 57.2 Å². The maximum Gasteiger partial charge on any atom is 0.316 e. The smallest absolute Gasteiger partial charge is 0.316 e. The lowest BCUT2D eigenvalue weighted by molar-refractivity contribution is -0.138. The number of benzene rings is 2. The Labute approximate surface area is 192 Å². The van der Waals surface area contributed by atoms with Crippen molar-refractivity contribution >= 4 is 23.7 Å². The van der Waals surface area contributed by atoms with E-state index >= 15 is 0 Å². The molecule has 2 aromatic rings. The van der Waals surface area contributed by atoms with Crippen molar-refractivity contribution in [2.75, 3.05) is 7.05 Å². The molecule has 1 aliphatic heterocycles. The molecule has 0 aliphatic carbocycles. The molecule has 8 nitrogen and oxygen atoms in total. The van der Waals surface area contributed by atoms with Crippen molar-refractivity contribution in [1.82, 2.24) is 15.5 Å². The van der Waals surface area contributed by atoms with Gasteiger partial charge in [-0.2, -0.15) is 0 Å². The fourth-order valence-corrected chi connectivity index (χ4v) is 3.96. The molecule has 1 aliphatic rings. The van der Waals surface area contributed by atoms with Crippen LogP contribution in [-0.2, 0) is 14.4 Å². The maximum absolute atomic E-state index is 12.7. The number of urea groups is 1. The molecule has 2 aromatic carbocycles. The number of nitrogens with one attached hydrogen (secondary N) is 2. The van der Waals surface area contributed by atoms with Crippen molar-refractivity contribution in [2.45, 2.75) is 39.3 Å². The second-order valence-electron chi connectivity index (χ2n) is 8.21. The predicted molar refractivity (Wildman–Crippen MR) is 123 cm³/mol. The molecular weight excluding hydrogens is 422 g/mol. The number of amides is 3. The molecule has 0 radical (unpaired) electrons. The Kier molecular flexibility index (Phi) is 6.96. The lowest BCUT2D eigenvalue weighted by Gasteiger charge is -2.26. The maximum atomic E-state index is 12.7. The quantitative estimate of drug-likeness (QED) is 0.587. The Morgan fingerprint density at radius 2 is 1.79 bits per heavy atom. The third-order valence-electron chi connectivity index (χ3n) is 5.70. The Morgan fingerprint density at radius 3 is 2.45 bits per heavy atom. The number of likely N-dealkylation sites (N-methyl/N-ethyl adjacent to an activating group) is 1. The number of nitrogens with zero attached hydrogens (tertiary/aromatic N) is 1. The number of carboxylic acids is 1. The summed E-state index contributed by atoms with van der Waals surface area (Å²) in [6.07, 6.45) is 2.18. The average molecular weight is 450 g/mol. The Bertz CT molecular complexity index is 1150. The average Bonchev–Trinajstić information content (AvgIpc) is 2.75. The van der Waals surface area contributed by atoms with E-state index in [4.69, 9.17) is 0 Å². The van der Waals surface area contributed by atoms with E-state index in [0.717, 1.165) is 27.8 Å². The van der Waals surface area contributed by atoms with E-state index in [1.165, 1.54) is 24.2 Å². The number of hydrogen-bond acceptors (Lipinski definition) is 4. The van der Waals surface area contributed by atoms with Crippen LogP contribution in [0, 0.1) is 20.8 Å². The molecule has 0 fully saturated rings. The summed E-state index contributed by atoms with van der Waals surface area (Å²) in [4.78, 5) is 49.9. The van der Waals surface area contributed by atoms with E-state index in [1.54, 1.807) is 0 Å². The zero-order valence-corrected chi connectivity index (χ0v) is 19.0. The van der Waals surface area contributed by atoms with Gasteiger partial charge in [0.05, 0.1) is 12.5 Å². The molecule has 172 valence electrons. The van der Waals surface area contributed by atoms with Crippen LogP contribution in [0.2, 0.25) is 0 Å². The van der Waals surface area contributed by atoms with E-state index in [2.05, 4.69) is 10.6 Å². The van der Waals surface area contributed by atoms with E-state index in [-0.39, 0.29) is 6.42 Å². The lowest BCUT2D eigenvalue weighted by atomic mass is 9.88. The Balaban J connectivity index is 1.93. The Hall–Kier alpha value is -3.94.